The molecule has 8 heteroatoms. The van der Waals surface area contributed by atoms with Crippen LogP contribution in [-0.4, -0.2) is 60.0 Å². The second kappa shape index (κ2) is 4.78. The number of rotatable bonds is 2. The van der Waals surface area contributed by atoms with Crippen LogP contribution in [0.3, 0.4) is 0 Å². The molecule has 3 heterocycles. The molecule has 2 aromatic heterocycles. The largest absolute Gasteiger partial charge is 0.359 e. The molecule has 0 atom stereocenters. The summed E-state index contributed by atoms with van der Waals surface area (Å²) in [5.41, 5.74) is 0.992. The molecule has 0 unspecified atom stereocenters. The van der Waals surface area contributed by atoms with Gasteiger partial charge in [0.25, 0.3) is 5.56 Å². The van der Waals surface area contributed by atoms with Gasteiger partial charge in [-0.1, -0.05) is 0 Å². The van der Waals surface area contributed by atoms with Crippen LogP contribution >= 0.6 is 0 Å². The van der Waals surface area contributed by atoms with Crippen molar-refractivity contribution < 1.29 is 0 Å². The number of fused-ring (bicyclic) bond motifs is 1. The maximum atomic E-state index is 12.2. The van der Waals surface area contributed by atoms with E-state index in [1.807, 2.05) is 19.0 Å². The Balaban J connectivity index is 2.16. The van der Waals surface area contributed by atoms with Crippen LogP contribution in [0.15, 0.2) is 4.79 Å². The Bertz CT molecular complexity index is 681. The van der Waals surface area contributed by atoms with Crippen LogP contribution in [0.4, 0.5) is 11.8 Å². The summed E-state index contributed by atoms with van der Waals surface area (Å²) in [4.78, 5) is 23.9. The van der Waals surface area contributed by atoms with Gasteiger partial charge in [0.2, 0.25) is 5.95 Å². The van der Waals surface area contributed by atoms with Crippen molar-refractivity contribution in [1.29, 1.82) is 0 Å². The number of imidazole rings is 1. The van der Waals surface area contributed by atoms with E-state index in [4.69, 9.17) is 0 Å². The van der Waals surface area contributed by atoms with Gasteiger partial charge in [-0.3, -0.25) is 4.79 Å². The van der Waals surface area contributed by atoms with Gasteiger partial charge in [-0.15, -0.1) is 5.10 Å². The van der Waals surface area contributed by atoms with E-state index in [0.717, 1.165) is 32.1 Å². The van der Waals surface area contributed by atoms with Crippen LogP contribution in [0, 0.1) is 0 Å². The third-order valence-corrected chi connectivity index (χ3v) is 3.50. The fraction of sp³-hybridized carbons (Fsp3) is 0.583. The number of nitrogens with zero attached hydrogens (tertiary/aromatic N) is 5. The van der Waals surface area contributed by atoms with E-state index < -0.39 is 0 Å². The minimum Gasteiger partial charge on any atom is -0.359 e. The smallest absolute Gasteiger partial charge is 0.292 e. The standard InChI is InChI=1S/C12H19N7O/c1-17(2)10-8-9(11(20)18(3)16-10)15-12(14-8)19-6-4-13-5-7-19/h13H,4-7H2,1-3H3,(H,14,15). The lowest BCUT2D eigenvalue weighted by molar-refractivity contribution is 0.582. The zero-order valence-corrected chi connectivity index (χ0v) is 12.0. The third kappa shape index (κ3) is 2.01. The highest BCUT2D eigenvalue weighted by Crippen LogP contribution is 2.21. The van der Waals surface area contributed by atoms with Crippen LogP contribution in [-0.2, 0) is 7.05 Å². The van der Waals surface area contributed by atoms with Gasteiger partial charge in [-0.05, 0) is 0 Å². The maximum absolute atomic E-state index is 12.2. The van der Waals surface area contributed by atoms with Gasteiger partial charge in [0.15, 0.2) is 5.82 Å². The van der Waals surface area contributed by atoms with Gasteiger partial charge in [-0.25, -0.2) is 9.67 Å². The lowest BCUT2D eigenvalue weighted by Gasteiger charge is -2.26. The van der Waals surface area contributed by atoms with Gasteiger partial charge in [0, 0.05) is 47.3 Å². The van der Waals surface area contributed by atoms with Crippen LogP contribution in [0.1, 0.15) is 0 Å². The molecule has 0 saturated carbocycles. The van der Waals surface area contributed by atoms with E-state index in [0.29, 0.717) is 16.9 Å². The first-order valence-electron chi connectivity index (χ1n) is 6.68. The fourth-order valence-corrected chi connectivity index (χ4v) is 2.40. The average molecular weight is 277 g/mol. The molecule has 1 fully saturated rings. The molecule has 2 N–H and O–H groups in total. The molecule has 0 radical (unpaired) electrons. The fourth-order valence-electron chi connectivity index (χ4n) is 2.40. The summed E-state index contributed by atoms with van der Waals surface area (Å²) in [6, 6.07) is 0. The number of hydrogen-bond donors (Lipinski definition) is 2. The molecule has 108 valence electrons. The number of nitrogens with one attached hydrogen (secondary N) is 2. The molecule has 3 rings (SSSR count). The van der Waals surface area contributed by atoms with Crippen molar-refractivity contribution in [1.82, 2.24) is 25.1 Å². The van der Waals surface area contributed by atoms with Crippen molar-refractivity contribution in [3.63, 3.8) is 0 Å². The summed E-state index contributed by atoms with van der Waals surface area (Å²) >= 11 is 0. The summed E-state index contributed by atoms with van der Waals surface area (Å²) in [7, 11) is 5.44. The monoisotopic (exact) mass is 277 g/mol. The topological polar surface area (TPSA) is 82.1 Å². The minimum absolute atomic E-state index is 0.153. The second-order valence-corrected chi connectivity index (χ2v) is 5.17. The van der Waals surface area contributed by atoms with Crippen molar-refractivity contribution in [2.24, 2.45) is 7.05 Å². The number of H-pyrrole nitrogens is 1. The molecule has 0 aromatic carbocycles. The highest BCUT2D eigenvalue weighted by Gasteiger charge is 2.19. The van der Waals surface area contributed by atoms with Crippen molar-refractivity contribution in [2.45, 2.75) is 0 Å². The Kier molecular flexibility index (Phi) is 3.09. The molecule has 0 spiro atoms. The number of aromatic amines is 1. The molecule has 2 aromatic rings. The lowest BCUT2D eigenvalue weighted by atomic mass is 10.4. The predicted octanol–water partition coefficient (Wildman–Crippen LogP) is -0.868. The third-order valence-electron chi connectivity index (χ3n) is 3.50. The molecule has 1 saturated heterocycles. The van der Waals surface area contributed by atoms with Crippen LogP contribution in [0.5, 0.6) is 0 Å². The van der Waals surface area contributed by atoms with Crippen molar-refractivity contribution in [2.75, 3.05) is 50.1 Å². The minimum atomic E-state index is -0.153. The number of aryl methyl sites for hydroxylation is 1. The SMILES string of the molecule is CN(C)c1nn(C)c(=O)c2[nH]c(N3CCNCC3)nc12. The first-order chi connectivity index (χ1) is 9.58. The zero-order valence-electron chi connectivity index (χ0n) is 12.0. The van der Waals surface area contributed by atoms with Crippen molar-refractivity contribution in [3.8, 4) is 0 Å². The number of anilines is 2. The molecular weight excluding hydrogens is 258 g/mol. The van der Waals surface area contributed by atoms with Gasteiger partial charge in [-0.2, -0.15) is 0 Å². The molecule has 0 bridgehead atoms. The second-order valence-electron chi connectivity index (χ2n) is 5.17. The van der Waals surface area contributed by atoms with Gasteiger partial charge in [0.05, 0.1) is 0 Å². The van der Waals surface area contributed by atoms with E-state index in [1.165, 1.54) is 4.68 Å². The number of hydrogen-bond acceptors (Lipinski definition) is 6. The van der Waals surface area contributed by atoms with Gasteiger partial charge in [0.1, 0.15) is 11.0 Å². The van der Waals surface area contributed by atoms with Crippen LogP contribution in [0.2, 0.25) is 0 Å². The van der Waals surface area contributed by atoms with Crippen LogP contribution < -0.4 is 20.7 Å². The molecule has 0 aliphatic carbocycles. The Morgan fingerprint density at radius 3 is 2.60 bits per heavy atom. The highest BCUT2D eigenvalue weighted by atomic mass is 16.1. The molecule has 1 aliphatic rings. The Labute approximate surface area is 116 Å². The first-order valence-corrected chi connectivity index (χ1v) is 6.68. The van der Waals surface area contributed by atoms with E-state index in [-0.39, 0.29) is 5.56 Å². The summed E-state index contributed by atoms with van der Waals surface area (Å²) in [6.45, 7) is 3.61. The van der Waals surface area contributed by atoms with Crippen molar-refractivity contribution >= 4 is 22.8 Å². The normalized spacial score (nSPS) is 15.8. The number of aromatic nitrogens is 4. The molecular formula is C12H19N7O. The van der Waals surface area contributed by atoms with E-state index in [1.54, 1.807) is 7.05 Å². The molecule has 20 heavy (non-hydrogen) atoms. The van der Waals surface area contributed by atoms with Crippen LogP contribution in [0.25, 0.3) is 11.0 Å². The Hall–Kier alpha value is -2.09. The summed E-state index contributed by atoms with van der Waals surface area (Å²) in [6.07, 6.45) is 0. The molecule has 0 amide bonds. The molecule has 1 aliphatic heterocycles. The quantitative estimate of drug-likeness (QED) is 0.743. The van der Waals surface area contributed by atoms with Gasteiger partial charge < -0.3 is 20.1 Å². The zero-order chi connectivity index (χ0) is 14.3. The summed E-state index contributed by atoms with van der Waals surface area (Å²) in [5, 5.41) is 7.57. The summed E-state index contributed by atoms with van der Waals surface area (Å²) in [5.74, 6) is 1.44. The Morgan fingerprint density at radius 1 is 1.25 bits per heavy atom. The highest BCUT2D eigenvalue weighted by molar-refractivity contribution is 5.87. The summed E-state index contributed by atoms with van der Waals surface area (Å²) < 4.78 is 1.34. The molecule has 8 nitrogen and oxygen atoms in total. The predicted molar refractivity (Wildman–Crippen MR) is 78.5 cm³/mol. The average Bonchev–Trinajstić information content (AvgIpc) is 2.89. The lowest BCUT2D eigenvalue weighted by Crippen LogP contribution is -2.44. The number of piperazine rings is 1. The Morgan fingerprint density at radius 2 is 1.95 bits per heavy atom. The van der Waals surface area contributed by atoms with E-state index in [9.17, 15) is 4.79 Å². The van der Waals surface area contributed by atoms with Gasteiger partial charge >= 0.3 is 0 Å². The van der Waals surface area contributed by atoms with E-state index >= 15 is 0 Å². The first kappa shape index (κ1) is 12.9. The van der Waals surface area contributed by atoms with E-state index in [2.05, 4.69) is 25.3 Å². The maximum Gasteiger partial charge on any atom is 0.292 e. The van der Waals surface area contributed by atoms with Crippen molar-refractivity contribution in [3.05, 3.63) is 10.4 Å².